The molecule has 0 bridgehead atoms. The van der Waals surface area contributed by atoms with Gasteiger partial charge in [-0.05, 0) is 24.6 Å². The van der Waals surface area contributed by atoms with Crippen molar-refractivity contribution in [3.05, 3.63) is 35.6 Å². The minimum Gasteiger partial charge on any atom is -0.379 e. The number of hydrogen-bond donors (Lipinski definition) is 1. The smallest absolute Gasteiger partial charge is 0.270 e. The van der Waals surface area contributed by atoms with Crippen molar-refractivity contribution < 1.29 is 18.3 Å². The molecule has 1 N–H and O–H groups in total. The molecule has 0 spiro atoms. The molecule has 1 nitrogen and oxygen atoms in total. The summed E-state index contributed by atoms with van der Waals surface area (Å²) >= 11 is 0. The summed E-state index contributed by atoms with van der Waals surface area (Å²) in [5.74, 6) is -0.640. The van der Waals surface area contributed by atoms with Gasteiger partial charge in [0, 0.05) is 0 Å². The number of hydrogen-bond acceptors (Lipinski definition) is 1. The van der Waals surface area contributed by atoms with Crippen LogP contribution in [0.25, 0.3) is 0 Å². The third kappa shape index (κ3) is 2.01. The number of aliphatic hydroxyl groups is 1. The molecule has 0 saturated heterocycles. The summed E-state index contributed by atoms with van der Waals surface area (Å²) < 4.78 is 37.1. The van der Waals surface area contributed by atoms with Gasteiger partial charge in [-0.15, -0.1) is 0 Å². The average molecular weight is 190 g/mol. The topological polar surface area (TPSA) is 20.2 Å². The van der Waals surface area contributed by atoms with E-state index in [1.807, 2.05) is 0 Å². The molecule has 0 amide bonds. The lowest BCUT2D eigenvalue weighted by molar-refractivity contribution is -0.0884. The van der Waals surface area contributed by atoms with Crippen LogP contribution in [0.15, 0.2) is 24.3 Å². The third-order valence-corrected chi connectivity index (χ3v) is 1.83. The summed E-state index contributed by atoms with van der Waals surface area (Å²) in [4.78, 5) is 0. The second kappa shape index (κ2) is 3.38. The highest BCUT2D eigenvalue weighted by Gasteiger charge is 2.34. The quantitative estimate of drug-likeness (QED) is 0.758. The molecule has 0 saturated carbocycles. The van der Waals surface area contributed by atoms with Crippen LogP contribution in [0, 0.1) is 5.82 Å². The number of alkyl halides is 2. The van der Waals surface area contributed by atoms with Gasteiger partial charge in [-0.25, -0.2) is 13.2 Å². The lowest BCUT2D eigenvalue weighted by atomic mass is 9.97. The molecular formula is C9H9F3O. The highest BCUT2D eigenvalue weighted by atomic mass is 19.3. The van der Waals surface area contributed by atoms with Gasteiger partial charge in [0.25, 0.3) is 6.43 Å². The van der Waals surface area contributed by atoms with Crippen molar-refractivity contribution in [2.75, 3.05) is 0 Å². The molecule has 0 aliphatic carbocycles. The maximum absolute atomic E-state index is 12.6. The van der Waals surface area contributed by atoms with Crippen molar-refractivity contribution in [3.8, 4) is 0 Å². The minimum atomic E-state index is -2.94. The number of halogens is 3. The fourth-order valence-electron chi connectivity index (χ4n) is 0.929. The van der Waals surface area contributed by atoms with Crippen LogP contribution in [-0.2, 0) is 5.60 Å². The lowest BCUT2D eigenvalue weighted by Crippen LogP contribution is -2.30. The Bertz CT molecular complexity index is 297. The first kappa shape index (κ1) is 10.1. The molecule has 1 aromatic carbocycles. The Morgan fingerprint density at radius 1 is 1.38 bits per heavy atom. The van der Waals surface area contributed by atoms with E-state index in [4.69, 9.17) is 0 Å². The SMILES string of the molecule is CC(O)(c1cccc(F)c1)C(F)F. The third-order valence-electron chi connectivity index (χ3n) is 1.83. The van der Waals surface area contributed by atoms with Gasteiger partial charge in [-0.1, -0.05) is 12.1 Å². The maximum Gasteiger partial charge on any atom is 0.270 e. The van der Waals surface area contributed by atoms with Crippen molar-refractivity contribution >= 4 is 0 Å². The summed E-state index contributed by atoms with van der Waals surface area (Å²) in [5.41, 5.74) is -2.41. The molecule has 0 aliphatic rings. The first-order valence-corrected chi connectivity index (χ1v) is 3.71. The normalized spacial score (nSPS) is 15.8. The highest BCUT2D eigenvalue weighted by molar-refractivity contribution is 5.23. The monoisotopic (exact) mass is 190 g/mol. The van der Waals surface area contributed by atoms with E-state index in [0.717, 1.165) is 19.1 Å². The van der Waals surface area contributed by atoms with E-state index in [9.17, 15) is 18.3 Å². The molecule has 0 radical (unpaired) electrons. The molecule has 0 heterocycles. The van der Waals surface area contributed by atoms with Crippen LogP contribution in [0.3, 0.4) is 0 Å². The van der Waals surface area contributed by atoms with Crippen molar-refractivity contribution in [2.24, 2.45) is 0 Å². The van der Waals surface area contributed by atoms with Gasteiger partial charge in [0.05, 0.1) is 0 Å². The molecule has 1 atom stereocenters. The molecule has 0 fully saturated rings. The maximum atomic E-state index is 12.6. The Hall–Kier alpha value is -1.03. The molecule has 4 heteroatoms. The molecule has 72 valence electrons. The van der Waals surface area contributed by atoms with E-state index in [1.54, 1.807) is 0 Å². The van der Waals surface area contributed by atoms with Crippen LogP contribution in [-0.4, -0.2) is 11.5 Å². The first-order valence-electron chi connectivity index (χ1n) is 3.71. The van der Waals surface area contributed by atoms with Gasteiger partial charge in [0.1, 0.15) is 11.4 Å². The van der Waals surface area contributed by atoms with Crippen LogP contribution in [0.1, 0.15) is 12.5 Å². The van der Waals surface area contributed by atoms with Gasteiger partial charge in [-0.2, -0.15) is 0 Å². The molecule has 1 rings (SSSR count). The first-order chi connectivity index (χ1) is 5.94. The molecule has 0 aliphatic heterocycles. The Kier molecular flexibility index (Phi) is 2.61. The van der Waals surface area contributed by atoms with Crippen molar-refractivity contribution in [1.82, 2.24) is 0 Å². The van der Waals surface area contributed by atoms with E-state index in [-0.39, 0.29) is 5.56 Å². The zero-order valence-corrected chi connectivity index (χ0v) is 6.97. The van der Waals surface area contributed by atoms with Crippen LogP contribution in [0.2, 0.25) is 0 Å². The second-order valence-electron chi connectivity index (χ2n) is 2.96. The fourth-order valence-corrected chi connectivity index (χ4v) is 0.929. The predicted octanol–water partition coefficient (Wildman–Crippen LogP) is 2.30. The molecule has 1 aromatic rings. The Morgan fingerprint density at radius 3 is 2.46 bits per heavy atom. The molecule has 13 heavy (non-hydrogen) atoms. The van der Waals surface area contributed by atoms with E-state index in [0.29, 0.717) is 0 Å². The van der Waals surface area contributed by atoms with Gasteiger partial charge >= 0.3 is 0 Å². The summed E-state index contributed by atoms with van der Waals surface area (Å²) in [6.07, 6.45) is -2.94. The lowest BCUT2D eigenvalue weighted by Gasteiger charge is -2.22. The molecular weight excluding hydrogens is 181 g/mol. The number of benzene rings is 1. The predicted molar refractivity (Wildman–Crippen MR) is 42.0 cm³/mol. The fraction of sp³-hybridized carbons (Fsp3) is 0.333. The summed E-state index contributed by atoms with van der Waals surface area (Å²) in [6, 6.07) is 4.56. The summed E-state index contributed by atoms with van der Waals surface area (Å²) in [6.45, 7) is 0.951. The van der Waals surface area contributed by atoms with Crippen LogP contribution >= 0.6 is 0 Å². The van der Waals surface area contributed by atoms with Crippen molar-refractivity contribution in [2.45, 2.75) is 19.0 Å². The van der Waals surface area contributed by atoms with Gasteiger partial charge in [0.2, 0.25) is 0 Å². The largest absolute Gasteiger partial charge is 0.379 e. The van der Waals surface area contributed by atoms with Crippen LogP contribution in [0.4, 0.5) is 13.2 Å². The zero-order chi connectivity index (χ0) is 10.1. The van der Waals surface area contributed by atoms with Crippen LogP contribution in [0.5, 0.6) is 0 Å². The summed E-state index contributed by atoms with van der Waals surface area (Å²) in [7, 11) is 0. The minimum absolute atomic E-state index is 0.123. The standard InChI is InChI=1S/C9H9F3O/c1-9(13,8(11)12)6-3-2-4-7(10)5-6/h2-5,8,13H,1H3. The average Bonchev–Trinajstić information content (AvgIpc) is 2.04. The van der Waals surface area contributed by atoms with Crippen LogP contribution < -0.4 is 0 Å². The highest BCUT2D eigenvalue weighted by Crippen LogP contribution is 2.27. The molecule has 1 unspecified atom stereocenters. The van der Waals surface area contributed by atoms with Gasteiger partial charge in [-0.3, -0.25) is 0 Å². The van der Waals surface area contributed by atoms with E-state index < -0.39 is 17.8 Å². The Labute approximate surface area is 73.8 Å². The van der Waals surface area contributed by atoms with Crippen molar-refractivity contribution in [1.29, 1.82) is 0 Å². The van der Waals surface area contributed by atoms with Crippen molar-refractivity contribution in [3.63, 3.8) is 0 Å². The van der Waals surface area contributed by atoms with E-state index in [2.05, 4.69) is 0 Å². The second-order valence-corrected chi connectivity index (χ2v) is 2.96. The molecule has 0 aromatic heterocycles. The summed E-state index contributed by atoms with van der Waals surface area (Å²) in [5, 5.41) is 9.27. The Balaban J connectivity index is 3.07. The number of rotatable bonds is 2. The van der Waals surface area contributed by atoms with Gasteiger partial charge in [0.15, 0.2) is 0 Å². The van der Waals surface area contributed by atoms with Gasteiger partial charge < -0.3 is 5.11 Å². The van der Waals surface area contributed by atoms with E-state index in [1.165, 1.54) is 12.1 Å². The Morgan fingerprint density at radius 2 is 2.00 bits per heavy atom. The van der Waals surface area contributed by atoms with E-state index >= 15 is 0 Å². The zero-order valence-electron chi connectivity index (χ0n) is 6.97.